The Kier molecular flexibility index (Phi) is 4.46. The van der Waals surface area contributed by atoms with Crippen molar-refractivity contribution in [2.45, 2.75) is 4.90 Å². The van der Waals surface area contributed by atoms with Crippen LogP contribution in [0.25, 0.3) is 0 Å². The maximum atomic E-state index is 11.4. The predicted octanol–water partition coefficient (Wildman–Crippen LogP) is 0.598. The topological polar surface area (TPSA) is 86.2 Å². The van der Waals surface area contributed by atoms with Crippen LogP contribution in [0, 0.1) is 0 Å². The Morgan fingerprint density at radius 2 is 1.64 bits per heavy atom. The molecule has 0 radical (unpaired) electrons. The van der Waals surface area contributed by atoms with E-state index in [-0.39, 0.29) is 23.1 Å². The molecule has 0 heterocycles. The lowest BCUT2D eigenvalue weighted by Gasteiger charge is -1.98. The average molecular weight is 235 g/mol. The van der Waals surface area contributed by atoms with Crippen molar-refractivity contribution in [3.63, 3.8) is 0 Å². The van der Waals surface area contributed by atoms with Crippen LogP contribution in [0.15, 0.2) is 46.5 Å². The summed E-state index contributed by atoms with van der Waals surface area (Å²) >= 11 is 0. The number of benzene rings is 1. The van der Waals surface area contributed by atoms with Gasteiger partial charge in [-0.05, 0) is 12.1 Å². The summed E-state index contributed by atoms with van der Waals surface area (Å²) in [6.07, 6.45) is 0. The Bertz CT molecular complexity index is 410. The van der Waals surface area contributed by atoms with E-state index >= 15 is 0 Å². The van der Waals surface area contributed by atoms with Gasteiger partial charge >= 0.3 is 0 Å². The monoisotopic (exact) mass is 234 g/mol. The first kappa shape index (κ1) is 12.8. The second kappa shape index (κ2) is 4.88. The summed E-state index contributed by atoms with van der Waals surface area (Å²) in [5.41, 5.74) is 10.2. The van der Waals surface area contributed by atoms with Crippen LogP contribution in [0.2, 0.25) is 0 Å². The van der Waals surface area contributed by atoms with E-state index in [1.165, 1.54) is 12.1 Å². The van der Waals surface area contributed by atoms with E-state index < -0.39 is 9.84 Å². The summed E-state index contributed by atoms with van der Waals surface area (Å²) in [7, 11) is -3.47. The molecule has 0 bridgehead atoms. The van der Waals surface area contributed by atoms with Gasteiger partial charge in [0, 0.05) is 0 Å². The van der Waals surface area contributed by atoms with Gasteiger partial charge in [0.15, 0.2) is 0 Å². The van der Waals surface area contributed by atoms with Crippen molar-refractivity contribution in [3.05, 3.63) is 41.6 Å². The van der Waals surface area contributed by atoms with Crippen molar-refractivity contribution in [1.82, 2.24) is 0 Å². The molecule has 0 unspecified atom stereocenters. The Labute approximate surface area is 88.9 Å². The standard InChI is InChI=1S/C8H10N2O2S.ClH/c9-8(10)6-13(11,12)7-4-2-1-3-5-7;/h1-6H,9-10H2;1H. The molecule has 4 N–H and O–H groups in total. The minimum absolute atomic E-state index is 0. The summed E-state index contributed by atoms with van der Waals surface area (Å²) < 4.78 is 22.8. The molecule has 0 saturated carbocycles. The summed E-state index contributed by atoms with van der Waals surface area (Å²) in [4.78, 5) is 0.184. The minimum atomic E-state index is -3.47. The number of halogens is 1. The van der Waals surface area contributed by atoms with Crippen LogP contribution in [0.1, 0.15) is 0 Å². The van der Waals surface area contributed by atoms with Crippen molar-refractivity contribution in [2.24, 2.45) is 11.5 Å². The summed E-state index contributed by atoms with van der Waals surface area (Å²) in [5.74, 6) is -0.219. The zero-order valence-electron chi connectivity index (χ0n) is 7.25. The van der Waals surface area contributed by atoms with Crippen LogP contribution in [0.4, 0.5) is 0 Å². The molecule has 1 aromatic rings. The zero-order valence-corrected chi connectivity index (χ0v) is 8.88. The second-order valence-corrected chi connectivity index (χ2v) is 4.27. The third kappa shape index (κ3) is 3.27. The minimum Gasteiger partial charge on any atom is -0.385 e. The van der Waals surface area contributed by atoms with Crippen LogP contribution in [-0.2, 0) is 9.84 Å². The molecule has 4 nitrogen and oxygen atoms in total. The molecule has 0 aliphatic carbocycles. The van der Waals surface area contributed by atoms with Gasteiger partial charge < -0.3 is 11.5 Å². The van der Waals surface area contributed by atoms with Crippen molar-refractivity contribution < 1.29 is 8.42 Å². The Morgan fingerprint density at radius 3 is 2.07 bits per heavy atom. The molecule has 0 amide bonds. The highest BCUT2D eigenvalue weighted by Gasteiger charge is 2.09. The van der Waals surface area contributed by atoms with Gasteiger partial charge in [-0.3, -0.25) is 0 Å². The lowest BCUT2D eigenvalue weighted by molar-refractivity contribution is 0.604. The second-order valence-electron chi connectivity index (χ2n) is 2.48. The molecule has 0 aromatic heterocycles. The van der Waals surface area contributed by atoms with Gasteiger partial charge in [-0.1, -0.05) is 18.2 Å². The van der Waals surface area contributed by atoms with E-state index in [1.54, 1.807) is 18.2 Å². The predicted molar refractivity (Wildman–Crippen MR) is 57.3 cm³/mol. The van der Waals surface area contributed by atoms with E-state index in [0.717, 1.165) is 5.41 Å². The van der Waals surface area contributed by atoms with Crippen molar-refractivity contribution in [1.29, 1.82) is 0 Å². The third-order valence-electron chi connectivity index (χ3n) is 1.36. The fourth-order valence-corrected chi connectivity index (χ4v) is 1.89. The van der Waals surface area contributed by atoms with E-state index in [2.05, 4.69) is 0 Å². The van der Waals surface area contributed by atoms with E-state index in [1.807, 2.05) is 0 Å². The molecule has 1 rings (SSSR count). The number of hydrogen-bond donors (Lipinski definition) is 2. The first-order chi connectivity index (χ1) is 6.02. The molecule has 0 atom stereocenters. The van der Waals surface area contributed by atoms with Crippen LogP contribution >= 0.6 is 12.4 Å². The number of nitrogens with two attached hydrogens (primary N) is 2. The van der Waals surface area contributed by atoms with Gasteiger partial charge in [0.25, 0.3) is 0 Å². The summed E-state index contributed by atoms with van der Waals surface area (Å²) in [6.45, 7) is 0. The Hall–Kier alpha value is -1.20. The van der Waals surface area contributed by atoms with Gasteiger partial charge in [-0.25, -0.2) is 8.42 Å². The summed E-state index contributed by atoms with van der Waals surface area (Å²) in [6, 6.07) is 7.96. The molecule has 0 aliphatic rings. The smallest absolute Gasteiger partial charge is 0.203 e. The quantitative estimate of drug-likeness (QED) is 0.785. The Balaban J connectivity index is 0.00000169. The molecule has 0 spiro atoms. The molecule has 6 heteroatoms. The van der Waals surface area contributed by atoms with Crippen molar-refractivity contribution >= 4 is 22.2 Å². The molecular weight excluding hydrogens is 224 g/mol. The molecule has 1 aromatic carbocycles. The third-order valence-corrected chi connectivity index (χ3v) is 2.87. The molecular formula is C8H11ClN2O2S. The van der Waals surface area contributed by atoms with Crippen LogP contribution < -0.4 is 11.5 Å². The number of hydrogen-bond acceptors (Lipinski definition) is 4. The number of rotatable bonds is 2. The summed E-state index contributed by atoms with van der Waals surface area (Å²) in [5, 5.41) is 0.836. The highest BCUT2D eigenvalue weighted by Crippen LogP contribution is 2.10. The van der Waals surface area contributed by atoms with Gasteiger partial charge in [-0.15, -0.1) is 12.4 Å². The lowest BCUT2D eigenvalue weighted by atomic mass is 10.4. The fraction of sp³-hybridized carbons (Fsp3) is 0. The highest BCUT2D eigenvalue weighted by molar-refractivity contribution is 7.94. The molecule has 0 aliphatic heterocycles. The van der Waals surface area contributed by atoms with Crippen LogP contribution in [0.3, 0.4) is 0 Å². The van der Waals surface area contributed by atoms with E-state index in [9.17, 15) is 8.42 Å². The fourth-order valence-electron chi connectivity index (χ4n) is 0.857. The van der Waals surface area contributed by atoms with Gasteiger partial charge in [0.05, 0.1) is 10.3 Å². The van der Waals surface area contributed by atoms with Gasteiger partial charge in [0.2, 0.25) is 9.84 Å². The first-order valence-electron chi connectivity index (χ1n) is 3.55. The SMILES string of the molecule is Cl.NC(N)=CS(=O)(=O)c1ccccc1. The van der Waals surface area contributed by atoms with Crippen molar-refractivity contribution in [3.8, 4) is 0 Å². The van der Waals surface area contributed by atoms with Crippen LogP contribution in [-0.4, -0.2) is 8.42 Å². The maximum Gasteiger partial charge on any atom is 0.203 e. The molecule has 0 fully saturated rings. The van der Waals surface area contributed by atoms with E-state index in [4.69, 9.17) is 11.5 Å². The Morgan fingerprint density at radius 1 is 1.14 bits per heavy atom. The normalized spacial score (nSPS) is 10.0. The maximum absolute atomic E-state index is 11.4. The van der Waals surface area contributed by atoms with Crippen LogP contribution in [0.5, 0.6) is 0 Å². The first-order valence-corrected chi connectivity index (χ1v) is 5.10. The molecule has 14 heavy (non-hydrogen) atoms. The lowest BCUT2D eigenvalue weighted by Crippen LogP contribution is -2.11. The van der Waals surface area contributed by atoms with Gasteiger partial charge in [-0.2, -0.15) is 0 Å². The van der Waals surface area contributed by atoms with Gasteiger partial charge in [0.1, 0.15) is 5.82 Å². The molecule has 0 saturated heterocycles. The van der Waals surface area contributed by atoms with E-state index in [0.29, 0.717) is 0 Å². The highest BCUT2D eigenvalue weighted by atomic mass is 35.5. The number of sulfone groups is 1. The zero-order chi connectivity index (χ0) is 9.90. The molecule has 78 valence electrons. The largest absolute Gasteiger partial charge is 0.385 e. The average Bonchev–Trinajstić information content (AvgIpc) is 2.04. The van der Waals surface area contributed by atoms with Crippen molar-refractivity contribution in [2.75, 3.05) is 0 Å².